The van der Waals surface area contributed by atoms with E-state index < -0.39 is 13.1 Å². The van der Waals surface area contributed by atoms with Crippen LogP contribution < -0.4 is 9.39 Å². The molecular formula is C20H22BNO6. The Bertz CT molecular complexity index is 866. The Hall–Kier alpha value is -2.71. The Morgan fingerprint density at radius 1 is 1.21 bits per heavy atom. The molecule has 2 aliphatic rings. The molecule has 2 aliphatic heterocycles. The van der Waals surface area contributed by atoms with Crippen LogP contribution in [0.1, 0.15) is 21.5 Å². The van der Waals surface area contributed by atoms with Crippen LogP contribution in [-0.2, 0) is 12.8 Å². The van der Waals surface area contributed by atoms with Gasteiger partial charge in [0.25, 0.3) is 0 Å². The average Bonchev–Trinajstić information content (AvgIpc) is 2.64. The second kappa shape index (κ2) is 7.73. The highest BCUT2D eigenvalue weighted by Crippen LogP contribution is 2.37. The molecule has 0 saturated carbocycles. The summed E-state index contributed by atoms with van der Waals surface area (Å²) < 4.78 is 11.3. The predicted molar refractivity (Wildman–Crippen MR) is 103 cm³/mol. The van der Waals surface area contributed by atoms with Crippen molar-refractivity contribution in [1.29, 1.82) is 0 Å². The van der Waals surface area contributed by atoms with Crippen molar-refractivity contribution >= 4 is 13.1 Å². The smallest absolute Gasteiger partial charge is 0.522 e. The largest absolute Gasteiger partial charge is 0.535 e. The summed E-state index contributed by atoms with van der Waals surface area (Å²) in [4.78, 5) is 14.0. The number of ether oxygens (including phenoxy) is 1. The van der Waals surface area contributed by atoms with Crippen LogP contribution in [0.15, 0.2) is 36.4 Å². The van der Waals surface area contributed by atoms with Gasteiger partial charge in [0.15, 0.2) is 0 Å². The van der Waals surface area contributed by atoms with E-state index in [2.05, 4.69) is 4.90 Å². The number of rotatable bonds is 6. The average molecular weight is 383 g/mol. The molecule has 0 aliphatic carbocycles. The lowest BCUT2D eigenvalue weighted by Crippen LogP contribution is -2.54. The van der Waals surface area contributed by atoms with Gasteiger partial charge in [-0.1, -0.05) is 18.2 Å². The molecule has 1 fully saturated rings. The zero-order valence-electron chi connectivity index (χ0n) is 15.4. The molecule has 0 amide bonds. The van der Waals surface area contributed by atoms with E-state index in [0.29, 0.717) is 12.7 Å². The van der Waals surface area contributed by atoms with Gasteiger partial charge in [-0.15, -0.1) is 0 Å². The Labute approximate surface area is 163 Å². The first-order chi connectivity index (χ1) is 13.5. The van der Waals surface area contributed by atoms with Crippen LogP contribution in [0.3, 0.4) is 0 Å². The molecule has 0 atom stereocenters. The number of aromatic hydroxyl groups is 1. The van der Waals surface area contributed by atoms with E-state index in [1.165, 1.54) is 0 Å². The topological polar surface area (TPSA) is 99.5 Å². The molecule has 0 aromatic heterocycles. The molecule has 28 heavy (non-hydrogen) atoms. The predicted octanol–water partition coefficient (Wildman–Crippen LogP) is 1.81. The SMILES string of the molecule is O=C(O)c1c(OC2CN(CCc3ccc(O)cc3)C2)ccc2c1OB(O)CC2. The lowest BCUT2D eigenvalue weighted by Gasteiger charge is -2.39. The zero-order valence-corrected chi connectivity index (χ0v) is 15.4. The molecule has 4 rings (SSSR count). The summed E-state index contributed by atoms with van der Waals surface area (Å²) in [7, 11) is -0.986. The Morgan fingerprint density at radius 3 is 2.68 bits per heavy atom. The van der Waals surface area contributed by atoms with Crippen molar-refractivity contribution in [2.45, 2.75) is 25.3 Å². The van der Waals surface area contributed by atoms with Crippen molar-refractivity contribution in [3.05, 3.63) is 53.1 Å². The summed E-state index contributed by atoms with van der Waals surface area (Å²) in [5.74, 6) is -0.364. The molecule has 3 N–H and O–H groups in total. The summed E-state index contributed by atoms with van der Waals surface area (Å²) >= 11 is 0. The van der Waals surface area contributed by atoms with Gasteiger partial charge in [0, 0.05) is 19.6 Å². The molecule has 146 valence electrons. The van der Waals surface area contributed by atoms with Crippen molar-refractivity contribution in [3.8, 4) is 17.2 Å². The number of phenolic OH excluding ortho intramolecular Hbond substituents is 1. The minimum atomic E-state index is -1.12. The normalized spacial score (nSPS) is 16.8. The standard InChI is InChI=1S/C20H22BNO6/c23-15-4-1-13(2-5-15)8-10-22-11-16(12-22)27-17-6-3-14-7-9-21(26)28-19(14)18(17)20(24)25/h1-6,16,23,26H,7-12H2,(H,24,25). The first-order valence-electron chi connectivity index (χ1n) is 9.40. The number of hydrogen-bond acceptors (Lipinski definition) is 6. The van der Waals surface area contributed by atoms with Crippen LogP contribution in [0.5, 0.6) is 17.2 Å². The van der Waals surface area contributed by atoms with Crippen LogP contribution in [0.2, 0.25) is 6.32 Å². The molecule has 2 aromatic carbocycles. The van der Waals surface area contributed by atoms with E-state index in [1.807, 2.05) is 18.2 Å². The quantitative estimate of drug-likeness (QED) is 0.655. The summed E-state index contributed by atoms with van der Waals surface area (Å²) in [6, 6.07) is 10.7. The van der Waals surface area contributed by atoms with Crippen LogP contribution in [0.25, 0.3) is 0 Å². The highest BCUT2D eigenvalue weighted by Gasteiger charge is 2.33. The number of carboxylic acid groups (broad SMARTS) is 1. The van der Waals surface area contributed by atoms with Gasteiger partial charge in [-0.05, 0) is 48.5 Å². The Morgan fingerprint density at radius 2 is 1.96 bits per heavy atom. The third-order valence-electron chi connectivity index (χ3n) is 5.20. The monoisotopic (exact) mass is 383 g/mol. The first-order valence-corrected chi connectivity index (χ1v) is 9.40. The van der Waals surface area contributed by atoms with E-state index in [0.717, 1.165) is 37.2 Å². The molecule has 0 spiro atoms. The third kappa shape index (κ3) is 3.93. The lowest BCUT2D eigenvalue weighted by molar-refractivity contribution is 0.0196. The van der Waals surface area contributed by atoms with Gasteiger partial charge < -0.3 is 24.6 Å². The third-order valence-corrected chi connectivity index (χ3v) is 5.20. The number of nitrogens with zero attached hydrogens (tertiary/aromatic N) is 1. The van der Waals surface area contributed by atoms with E-state index in [4.69, 9.17) is 9.39 Å². The highest BCUT2D eigenvalue weighted by molar-refractivity contribution is 6.44. The molecule has 0 bridgehead atoms. The lowest BCUT2D eigenvalue weighted by atomic mass is 9.78. The molecule has 0 unspecified atom stereocenters. The number of aryl methyl sites for hydroxylation is 1. The number of phenols is 1. The van der Waals surface area contributed by atoms with Crippen molar-refractivity contribution in [2.75, 3.05) is 19.6 Å². The van der Waals surface area contributed by atoms with Gasteiger partial charge in [-0.3, -0.25) is 4.90 Å². The molecule has 2 heterocycles. The maximum absolute atomic E-state index is 11.8. The zero-order chi connectivity index (χ0) is 19.7. The van der Waals surface area contributed by atoms with E-state index >= 15 is 0 Å². The summed E-state index contributed by atoms with van der Waals surface area (Å²) in [5.41, 5.74) is 1.92. The number of likely N-dealkylation sites (tertiary alicyclic amines) is 1. The summed E-state index contributed by atoms with van der Waals surface area (Å²) in [6.45, 7) is 2.31. The van der Waals surface area contributed by atoms with E-state index in [-0.39, 0.29) is 28.9 Å². The van der Waals surface area contributed by atoms with Crippen molar-refractivity contribution in [3.63, 3.8) is 0 Å². The summed E-state index contributed by atoms with van der Waals surface area (Å²) in [6.07, 6.45) is 1.82. The fourth-order valence-electron chi connectivity index (χ4n) is 3.62. The van der Waals surface area contributed by atoms with Gasteiger partial charge in [-0.2, -0.15) is 0 Å². The first kappa shape index (κ1) is 18.6. The van der Waals surface area contributed by atoms with E-state index in [9.17, 15) is 20.0 Å². The second-order valence-corrected chi connectivity index (χ2v) is 7.26. The van der Waals surface area contributed by atoms with Gasteiger partial charge in [0.2, 0.25) is 0 Å². The van der Waals surface area contributed by atoms with Gasteiger partial charge in [-0.25, -0.2) is 4.79 Å². The highest BCUT2D eigenvalue weighted by atomic mass is 16.5. The fourth-order valence-corrected chi connectivity index (χ4v) is 3.62. The second-order valence-electron chi connectivity index (χ2n) is 7.26. The Balaban J connectivity index is 1.36. The number of carbonyl (C=O) groups is 1. The number of carboxylic acids is 1. The van der Waals surface area contributed by atoms with Crippen LogP contribution >= 0.6 is 0 Å². The fraction of sp³-hybridized carbons (Fsp3) is 0.350. The summed E-state index contributed by atoms with van der Waals surface area (Å²) in [5, 5.41) is 28.7. The van der Waals surface area contributed by atoms with Crippen molar-refractivity contribution in [2.24, 2.45) is 0 Å². The molecular weight excluding hydrogens is 361 g/mol. The van der Waals surface area contributed by atoms with Crippen LogP contribution in [0.4, 0.5) is 0 Å². The van der Waals surface area contributed by atoms with E-state index in [1.54, 1.807) is 18.2 Å². The molecule has 0 radical (unpaired) electrons. The number of fused-ring (bicyclic) bond motifs is 1. The van der Waals surface area contributed by atoms with Gasteiger partial charge in [0.05, 0.1) is 0 Å². The minimum absolute atomic E-state index is 0.0150. The maximum atomic E-state index is 11.8. The van der Waals surface area contributed by atoms with Crippen molar-refractivity contribution in [1.82, 2.24) is 4.90 Å². The number of aromatic carboxylic acids is 1. The minimum Gasteiger partial charge on any atom is -0.535 e. The number of hydrogen-bond donors (Lipinski definition) is 3. The van der Waals surface area contributed by atoms with Crippen molar-refractivity contribution < 1.29 is 29.4 Å². The van der Waals surface area contributed by atoms with Gasteiger partial charge in [0.1, 0.15) is 28.9 Å². The maximum Gasteiger partial charge on any atom is 0.522 e. The molecule has 1 saturated heterocycles. The van der Waals surface area contributed by atoms with Gasteiger partial charge >= 0.3 is 13.1 Å². The number of benzene rings is 2. The van der Waals surface area contributed by atoms with Crippen LogP contribution in [-0.4, -0.2) is 59.0 Å². The molecule has 2 aromatic rings. The Kier molecular flexibility index (Phi) is 5.15. The van der Waals surface area contributed by atoms with Crippen LogP contribution in [0, 0.1) is 0 Å². The molecule has 7 nitrogen and oxygen atoms in total. The molecule has 8 heteroatoms.